The molecule has 3 aromatic carbocycles. The molecule has 0 atom stereocenters. The minimum absolute atomic E-state index is 0.0532. The number of nitrogen functional groups attached to an aromatic ring is 1. The number of nitrogens with one attached hydrogen (secondary N) is 1. The molecule has 0 bridgehead atoms. The van der Waals surface area contributed by atoms with E-state index >= 15 is 0 Å². The van der Waals surface area contributed by atoms with Crippen molar-refractivity contribution in [2.24, 2.45) is 0 Å². The number of nitrogens with zero attached hydrogens (tertiary/aromatic N) is 2. The Hall–Kier alpha value is -5.03. The number of rotatable bonds is 5. The van der Waals surface area contributed by atoms with E-state index in [0.717, 1.165) is 29.0 Å². The first-order chi connectivity index (χ1) is 19.2. The lowest BCUT2D eigenvalue weighted by atomic mass is 9.98. The van der Waals surface area contributed by atoms with Crippen molar-refractivity contribution in [1.82, 2.24) is 10.3 Å². The maximum absolute atomic E-state index is 13.7. The Morgan fingerprint density at radius 2 is 1.57 bits per heavy atom. The summed E-state index contributed by atoms with van der Waals surface area (Å²) >= 11 is 0.994. The molecule has 198 valence electrons. The second-order valence-electron chi connectivity index (χ2n) is 8.85. The molecule has 7 nitrogen and oxygen atoms in total. The number of para-hydroxylation sites is 1. The summed E-state index contributed by atoms with van der Waals surface area (Å²) in [6, 6.07) is 24.3. The van der Waals surface area contributed by atoms with Crippen LogP contribution in [0.3, 0.4) is 0 Å². The van der Waals surface area contributed by atoms with E-state index in [2.05, 4.69) is 5.27 Å². The maximum Gasteiger partial charge on any atom is 0.439 e. The topological polar surface area (TPSA) is 106 Å². The lowest BCUT2D eigenvalue weighted by Crippen LogP contribution is -2.41. The van der Waals surface area contributed by atoms with Crippen LogP contribution in [0.4, 0.5) is 18.9 Å². The van der Waals surface area contributed by atoms with Gasteiger partial charge in [0, 0.05) is 23.1 Å². The molecule has 0 radical (unpaired) electrons. The van der Waals surface area contributed by atoms with Gasteiger partial charge >= 0.3 is 17.5 Å². The predicted octanol–water partition coefficient (Wildman–Crippen LogP) is 6.02. The number of fused-ring (bicyclic) bond motifs is 1. The van der Waals surface area contributed by atoms with Gasteiger partial charge in [0.2, 0.25) is 5.69 Å². The van der Waals surface area contributed by atoms with Gasteiger partial charge in [-0.1, -0.05) is 60.7 Å². The SMILES string of the molecule is Nc1c(C(=O)c2c(=O)o[nH][n+]2-c2ccccc2)sc2nc(-c3ccccc3)cc(-c3ccc(C(F)(F)F)cc3)c12. The van der Waals surface area contributed by atoms with Crippen molar-refractivity contribution < 1.29 is 27.2 Å². The quantitative estimate of drug-likeness (QED) is 0.199. The van der Waals surface area contributed by atoms with Crippen LogP contribution < -0.4 is 16.0 Å². The smallest absolute Gasteiger partial charge is 0.397 e. The molecule has 0 aliphatic rings. The Bertz CT molecular complexity index is 1930. The molecule has 0 spiro atoms. The van der Waals surface area contributed by atoms with Crippen molar-refractivity contribution in [3.8, 4) is 28.1 Å². The first kappa shape index (κ1) is 25.3. The first-order valence-electron chi connectivity index (χ1n) is 11.9. The molecule has 0 aliphatic carbocycles. The molecule has 0 unspecified atom stereocenters. The van der Waals surface area contributed by atoms with E-state index < -0.39 is 23.1 Å². The van der Waals surface area contributed by atoms with Crippen molar-refractivity contribution in [2.45, 2.75) is 6.18 Å². The summed E-state index contributed by atoms with van der Waals surface area (Å²) in [7, 11) is 0. The zero-order valence-electron chi connectivity index (χ0n) is 20.4. The van der Waals surface area contributed by atoms with Gasteiger partial charge in [-0.2, -0.15) is 13.2 Å². The van der Waals surface area contributed by atoms with Crippen LogP contribution in [0.2, 0.25) is 0 Å². The Morgan fingerprint density at radius 1 is 0.925 bits per heavy atom. The number of aromatic nitrogens is 3. The van der Waals surface area contributed by atoms with E-state index in [0.29, 0.717) is 32.7 Å². The number of hydrogen-bond acceptors (Lipinski definition) is 6. The number of ketones is 1. The van der Waals surface area contributed by atoms with Crippen LogP contribution in [0, 0.1) is 0 Å². The third kappa shape index (κ3) is 4.35. The number of anilines is 1. The van der Waals surface area contributed by atoms with E-state index in [1.54, 1.807) is 36.4 Å². The molecule has 3 heterocycles. The number of benzene rings is 3. The highest BCUT2D eigenvalue weighted by atomic mass is 32.1. The highest BCUT2D eigenvalue weighted by molar-refractivity contribution is 7.21. The van der Waals surface area contributed by atoms with Gasteiger partial charge in [0.05, 0.1) is 16.9 Å². The van der Waals surface area contributed by atoms with E-state index in [-0.39, 0.29) is 16.3 Å². The highest BCUT2D eigenvalue weighted by Crippen LogP contribution is 2.42. The number of nitrogens with two attached hydrogens (primary N) is 1. The van der Waals surface area contributed by atoms with Crippen molar-refractivity contribution in [3.05, 3.63) is 118 Å². The summed E-state index contributed by atoms with van der Waals surface area (Å²) in [4.78, 5) is 31.5. The number of alkyl halides is 3. The van der Waals surface area contributed by atoms with Gasteiger partial charge in [-0.05, 0) is 39.3 Å². The zero-order chi connectivity index (χ0) is 28.0. The number of pyridine rings is 1. The van der Waals surface area contributed by atoms with Gasteiger partial charge in [-0.3, -0.25) is 9.32 Å². The van der Waals surface area contributed by atoms with Crippen LogP contribution in [-0.2, 0) is 6.18 Å². The third-order valence-electron chi connectivity index (χ3n) is 6.37. The lowest BCUT2D eigenvalue weighted by molar-refractivity contribution is -0.672. The van der Waals surface area contributed by atoms with Gasteiger partial charge in [-0.25, -0.2) is 9.78 Å². The first-order valence-corrected chi connectivity index (χ1v) is 12.7. The molecule has 0 amide bonds. The summed E-state index contributed by atoms with van der Waals surface area (Å²) in [6.45, 7) is 0. The van der Waals surface area contributed by atoms with E-state index in [1.165, 1.54) is 16.8 Å². The van der Waals surface area contributed by atoms with Crippen LogP contribution >= 0.6 is 11.3 Å². The van der Waals surface area contributed by atoms with Crippen LogP contribution in [0.25, 0.3) is 38.3 Å². The van der Waals surface area contributed by atoms with Gasteiger partial charge in [0.25, 0.3) is 5.78 Å². The van der Waals surface area contributed by atoms with Gasteiger partial charge in [-0.15, -0.1) is 11.3 Å². The van der Waals surface area contributed by atoms with Crippen molar-refractivity contribution >= 4 is 33.0 Å². The molecule has 3 N–H and O–H groups in total. The predicted molar refractivity (Wildman–Crippen MR) is 144 cm³/mol. The Morgan fingerprint density at radius 3 is 2.23 bits per heavy atom. The lowest BCUT2D eigenvalue weighted by Gasteiger charge is -2.11. The summed E-state index contributed by atoms with van der Waals surface area (Å²) in [5.74, 6) is -0.681. The molecule has 0 aliphatic heterocycles. The van der Waals surface area contributed by atoms with E-state index in [9.17, 15) is 22.8 Å². The molecular weight excluding hydrogens is 541 g/mol. The van der Waals surface area contributed by atoms with Crippen LogP contribution in [0.15, 0.2) is 100 Å². The summed E-state index contributed by atoms with van der Waals surface area (Å²) in [6.07, 6.45) is -4.49. The second-order valence-corrected chi connectivity index (χ2v) is 9.85. The average Bonchev–Trinajstić information content (AvgIpc) is 3.52. The van der Waals surface area contributed by atoms with Crippen LogP contribution in [0.5, 0.6) is 0 Å². The van der Waals surface area contributed by atoms with Crippen molar-refractivity contribution in [3.63, 3.8) is 0 Å². The summed E-state index contributed by atoms with van der Waals surface area (Å²) < 4.78 is 45.9. The molecule has 6 aromatic rings. The number of halogens is 3. The Balaban J connectivity index is 1.56. The largest absolute Gasteiger partial charge is 0.439 e. The molecule has 6 rings (SSSR count). The molecular formula is C29H18F3N4O3S+. The number of carbonyl (C=O) groups is 1. The standard InChI is InChI=1S/C29H17F3N4O3S/c30-29(31,32)18-13-11-16(12-14-18)20-15-21(17-7-3-1-4-8-17)34-27-22(20)23(33)26(40-27)25(37)24-28(38)39-35-36(24)19-9-5-2-6-10-19/h1-15H,(H2-,33,35,37,38)/p+1. The van der Waals surface area contributed by atoms with Gasteiger partial charge in [0.1, 0.15) is 9.71 Å². The molecule has 0 fully saturated rings. The minimum atomic E-state index is -4.49. The Labute approximate surface area is 227 Å². The molecule has 0 saturated carbocycles. The van der Waals surface area contributed by atoms with Gasteiger partial charge in [0.15, 0.2) is 0 Å². The fourth-order valence-corrected chi connectivity index (χ4v) is 5.51. The zero-order valence-corrected chi connectivity index (χ0v) is 21.2. The summed E-state index contributed by atoms with van der Waals surface area (Å²) in [5, 5.41) is 2.85. The van der Waals surface area contributed by atoms with Crippen LogP contribution in [0.1, 0.15) is 20.9 Å². The summed E-state index contributed by atoms with van der Waals surface area (Å²) in [5.41, 5.74) is 7.40. The number of hydrogen-bond donors (Lipinski definition) is 2. The van der Waals surface area contributed by atoms with E-state index in [4.69, 9.17) is 15.2 Å². The Kier molecular flexibility index (Phi) is 6.07. The van der Waals surface area contributed by atoms with Gasteiger partial charge < -0.3 is 5.73 Å². The number of thiophene rings is 1. The van der Waals surface area contributed by atoms with Crippen LogP contribution in [-0.4, -0.2) is 16.0 Å². The molecule has 11 heteroatoms. The fraction of sp³-hybridized carbons (Fsp3) is 0.0345. The maximum atomic E-state index is 13.7. The number of aromatic amines is 1. The number of carbonyl (C=O) groups excluding carboxylic acids is 1. The average molecular weight is 560 g/mol. The second kappa shape index (κ2) is 9.62. The molecule has 0 saturated heterocycles. The highest BCUT2D eigenvalue weighted by Gasteiger charge is 2.35. The monoisotopic (exact) mass is 559 g/mol. The minimum Gasteiger partial charge on any atom is -0.397 e. The van der Waals surface area contributed by atoms with Crippen molar-refractivity contribution in [1.29, 1.82) is 0 Å². The van der Waals surface area contributed by atoms with Crippen molar-refractivity contribution in [2.75, 3.05) is 5.73 Å². The normalized spacial score (nSPS) is 11.7. The fourth-order valence-electron chi connectivity index (χ4n) is 4.45. The third-order valence-corrected chi connectivity index (χ3v) is 7.47. The van der Waals surface area contributed by atoms with E-state index in [1.807, 2.05) is 30.3 Å². The molecule has 40 heavy (non-hydrogen) atoms. The number of H-pyrrole nitrogens is 1. The molecule has 3 aromatic heterocycles.